The van der Waals surface area contributed by atoms with Gasteiger partial charge in [0.15, 0.2) is 0 Å². The standard InChI is InChI=1S/C19H34/c1-18(2,3)17-9-11-19(12-10-17)13-15-5-4-6-16(14-19)8-7-15/h15-17H,4-14H2,1-3H3. The summed E-state index contributed by atoms with van der Waals surface area (Å²) in [6, 6.07) is 0. The molecule has 0 saturated heterocycles. The van der Waals surface area contributed by atoms with Crippen LogP contribution in [0, 0.1) is 28.6 Å². The van der Waals surface area contributed by atoms with E-state index in [1.54, 1.807) is 51.4 Å². The number of hydrogen-bond donors (Lipinski definition) is 0. The maximum Gasteiger partial charge on any atom is -0.0292 e. The first-order valence-corrected chi connectivity index (χ1v) is 8.97. The molecule has 2 bridgehead atoms. The second-order valence-corrected chi connectivity index (χ2v) is 9.29. The molecule has 0 radical (unpaired) electrons. The molecule has 2 unspecified atom stereocenters. The van der Waals surface area contributed by atoms with Crippen LogP contribution in [0.4, 0.5) is 0 Å². The Labute approximate surface area is 120 Å². The van der Waals surface area contributed by atoms with Crippen LogP contribution in [-0.2, 0) is 0 Å². The van der Waals surface area contributed by atoms with Crippen molar-refractivity contribution in [3.05, 3.63) is 0 Å². The predicted octanol–water partition coefficient (Wildman–Crippen LogP) is 6.20. The molecule has 3 saturated carbocycles. The lowest BCUT2D eigenvalue weighted by Crippen LogP contribution is -2.35. The van der Waals surface area contributed by atoms with Crippen molar-refractivity contribution in [2.75, 3.05) is 0 Å². The van der Waals surface area contributed by atoms with Gasteiger partial charge in [0, 0.05) is 0 Å². The van der Waals surface area contributed by atoms with Gasteiger partial charge in [-0.1, -0.05) is 52.9 Å². The van der Waals surface area contributed by atoms with Crippen LogP contribution in [0.5, 0.6) is 0 Å². The SMILES string of the molecule is CC(C)(C)C1CCC2(CC1)CC1CCCC(CC1)C2. The highest BCUT2D eigenvalue weighted by Crippen LogP contribution is 2.55. The monoisotopic (exact) mass is 262 g/mol. The molecule has 19 heavy (non-hydrogen) atoms. The van der Waals surface area contributed by atoms with Gasteiger partial charge in [-0.05, 0) is 67.1 Å². The van der Waals surface area contributed by atoms with Crippen molar-refractivity contribution in [2.24, 2.45) is 28.6 Å². The lowest BCUT2D eigenvalue weighted by Gasteiger charge is -2.46. The molecule has 0 aromatic carbocycles. The summed E-state index contributed by atoms with van der Waals surface area (Å²) < 4.78 is 0. The molecule has 0 heteroatoms. The second-order valence-electron chi connectivity index (χ2n) is 9.29. The topological polar surface area (TPSA) is 0 Å². The van der Waals surface area contributed by atoms with E-state index in [0.29, 0.717) is 5.41 Å². The van der Waals surface area contributed by atoms with Crippen LogP contribution >= 0.6 is 0 Å². The van der Waals surface area contributed by atoms with Gasteiger partial charge in [0.25, 0.3) is 0 Å². The van der Waals surface area contributed by atoms with Crippen LogP contribution in [0.2, 0.25) is 0 Å². The minimum Gasteiger partial charge on any atom is -0.0599 e. The van der Waals surface area contributed by atoms with Crippen LogP contribution in [-0.4, -0.2) is 0 Å². The van der Waals surface area contributed by atoms with Crippen LogP contribution in [0.15, 0.2) is 0 Å². The fourth-order valence-electron chi connectivity index (χ4n) is 5.68. The lowest BCUT2D eigenvalue weighted by molar-refractivity contribution is 0.0490. The van der Waals surface area contributed by atoms with Crippen molar-refractivity contribution < 1.29 is 0 Å². The zero-order chi connectivity index (χ0) is 13.5. The molecule has 0 heterocycles. The highest BCUT2D eigenvalue weighted by molar-refractivity contribution is 4.94. The molecule has 0 aromatic heterocycles. The molecule has 110 valence electrons. The zero-order valence-electron chi connectivity index (χ0n) is 13.5. The van der Waals surface area contributed by atoms with Gasteiger partial charge in [-0.15, -0.1) is 0 Å². The van der Waals surface area contributed by atoms with E-state index in [-0.39, 0.29) is 0 Å². The Bertz CT molecular complexity index is 284. The third kappa shape index (κ3) is 3.03. The molecule has 3 aliphatic rings. The minimum atomic E-state index is 0.544. The summed E-state index contributed by atoms with van der Waals surface area (Å²) in [6.07, 6.45) is 17.1. The summed E-state index contributed by atoms with van der Waals surface area (Å²) in [5.41, 5.74) is 1.33. The summed E-state index contributed by atoms with van der Waals surface area (Å²) in [4.78, 5) is 0. The van der Waals surface area contributed by atoms with E-state index in [1.807, 2.05) is 0 Å². The van der Waals surface area contributed by atoms with Gasteiger partial charge in [0.05, 0.1) is 0 Å². The Hall–Kier alpha value is 0. The van der Waals surface area contributed by atoms with E-state index in [4.69, 9.17) is 0 Å². The Morgan fingerprint density at radius 3 is 1.74 bits per heavy atom. The highest BCUT2D eigenvalue weighted by Gasteiger charge is 2.43. The quantitative estimate of drug-likeness (QED) is 0.487. The molecule has 3 fully saturated rings. The highest BCUT2D eigenvalue weighted by atomic mass is 14.5. The van der Waals surface area contributed by atoms with Gasteiger partial charge in [-0.2, -0.15) is 0 Å². The number of hydrogen-bond acceptors (Lipinski definition) is 0. The first-order valence-electron chi connectivity index (χ1n) is 8.97. The second kappa shape index (κ2) is 5.08. The van der Waals surface area contributed by atoms with E-state index in [9.17, 15) is 0 Å². The van der Waals surface area contributed by atoms with Crippen molar-refractivity contribution in [3.8, 4) is 0 Å². The van der Waals surface area contributed by atoms with Crippen LogP contribution in [0.3, 0.4) is 0 Å². The molecule has 3 aliphatic carbocycles. The lowest BCUT2D eigenvalue weighted by atomic mass is 9.59. The largest absolute Gasteiger partial charge is 0.0599 e. The molecule has 1 spiro atoms. The number of rotatable bonds is 0. The molecule has 2 atom stereocenters. The summed E-state index contributed by atoms with van der Waals surface area (Å²) in [5, 5.41) is 0. The first kappa shape index (κ1) is 14.0. The molecule has 3 rings (SSSR count). The van der Waals surface area contributed by atoms with Gasteiger partial charge in [0.2, 0.25) is 0 Å². The van der Waals surface area contributed by atoms with Crippen LogP contribution in [0.1, 0.15) is 91.4 Å². The molecule has 0 aliphatic heterocycles. The van der Waals surface area contributed by atoms with E-state index in [0.717, 1.165) is 23.2 Å². The molecule has 0 aromatic rings. The van der Waals surface area contributed by atoms with Crippen molar-refractivity contribution in [1.82, 2.24) is 0 Å². The van der Waals surface area contributed by atoms with Crippen molar-refractivity contribution in [1.29, 1.82) is 0 Å². The third-order valence-corrected chi connectivity index (χ3v) is 6.92. The van der Waals surface area contributed by atoms with E-state index >= 15 is 0 Å². The molecule has 0 N–H and O–H groups in total. The molecule has 0 nitrogen and oxygen atoms in total. The maximum absolute atomic E-state index is 2.46. The van der Waals surface area contributed by atoms with Crippen LogP contribution in [0.25, 0.3) is 0 Å². The predicted molar refractivity (Wildman–Crippen MR) is 83.1 cm³/mol. The Balaban J connectivity index is 1.68. The van der Waals surface area contributed by atoms with Gasteiger partial charge in [0.1, 0.15) is 0 Å². The van der Waals surface area contributed by atoms with Gasteiger partial charge in [-0.25, -0.2) is 0 Å². The van der Waals surface area contributed by atoms with E-state index < -0.39 is 0 Å². The maximum atomic E-state index is 2.46. The fourth-order valence-corrected chi connectivity index (χ4v) is 5.68. The van der Waals surface area contributed by atoms with Gasteiger partial charge < -0.3 is 0 Å². The average Bonchev–Trinajstić information content (AvgIpc) is 2.61. The average molecular weight is 262 g/mol. The van der Waals surface area contributed by atoms with Crippen molar-refractivity contribution in [3.63, 3.8) is 0 Å². The summed E-state index contributed by atoms with van der Waals surface area (Å²) in [6.45, 7) is 7.37. The Morgan fingerprint density at radius 2 is 1.26 bits per heavy atom. The summed E-state index contributed by atoms with van der Waals surface area (Å²) in [5.74, 6) is 3.18. The molecule has 0 amide bonds. The van der Waals surface area contributed by atoms with Gasteiger partial charge in [-0.3, -0.25) is 0 Å². The minimum absolute atomic E-state index is 0.544. The van der Waals surface area contributed by atoms with E-state index in [2.05, 4.69) is 20.8 Å². The Morgan fingerprint density at radius 1 is 0.737 bits per heavy atom. The third-order valence-electron chi connectivity index (χ3n) is 6.92. The summed E-state index contributed by atoms with van der Waals surface area (Å²) in [7, 11) is 0. The van der Waals surface area contributed by atoms with Gasteiger partial charge >= 0.3 is 0 Å². The van der Waals surface area contributed by atoms with Crippen LogP contribution < -0.4 is 0 Å². The first-order chi connectivity index (χ1) is 8.97. The normalized spacial score (nSPS) is 44.1. The fraction of sp³-hybridized carbons (Fsp3) is 1.00. The van der Waals surface area contributed by atoms with E-state index in [1.165, 1.54) is 19.3 Å². The zero-order valence-corrected chi connectivity index (χ0v) is 13.5. The summed E-state index contributed by atoms with van der Waals surface area (Å²) >= 11 is 0. The molecular formula is C19H34. The molecular weight excluding hydrogens is 228 g/mol. The Kier molecular flexibility index (Phi) is 3.73. The number of fused-ring (bicyclic) bond motifs is 3. The smallest absolute Gasteiger partial charge is 0.0292 e. The van der Waals surface area contributed by atoms with Crippen molar-refractivity contribution in [2.45, 2.75) is 91.4 Å². The van der Waals surface area contributed by atoms with Crippen molar-refractivity contribution >= 4 is 0 Å².